The third-order valence-electron chi connectivity index (χ3n) is 3.62. The summed E-state index contributed by atoms with van der Waals surface area (Å²) < 4.78 is 61.0. The molecule has 0 aliphatic heterocycles. The minimum atomic E-state index is -4.40. The molecule has 0 heterocycles. The lowest BCUT2D eigenvalue weighted by atomic mass is 10.1. The van der Waals surface area contributed by atoms with Crippen molar-refractivity contribution in [1.82, 2.24) is 10.6 Å². The van der Waals surface area contributed by atoms with Crippen molar-refractivity contribution in [2.75, 3.05) is 7.05 Å². The molecule has 28 heavy (non-hydrogen) atoms. The highest BCUT2D eigenvalue weighted by molar-refractivity contribution is 14.0. The van der Waals surface area contributed by atoms with E-state index >= 15 is 0 Å². The number of hydrogen-bond acceptors (Lipinski definition) is 3. The molecule has 0 amide bonds. The van der Waals surface area contributed by atoms with Gasteiger partial charge in [-0.15, -0.1) is 24.0 Å². The van der Waals surface area contributed by atoms with Crippen molar-refractivity contribution < 1.29 is 21.6 Å². The fourth-order valence-electron chi connectivity index (χ4n) is 2.28. The molecule has 2 rings (SSSR count). The van der Waals surface area contributed by atoms with E-state index in [0.717, 1.165) is 12.1 Å². The first kappa shape index (κ1) is 24.2. The maximum atomic E-state index is 12.7. The normalized spacial score (nSPS) is 12.2. The second-order valence-corrected chi connectivity index (χ2v) is 7.23. The van der Waals surface area contributed by atoms with Crippen molar-refractivity contribution in [3.63, 3.8) is 0 Å². The standard InChI is InChI=1S/C17H19F3N4O2S.HI/c1-22-16(23-10-12-4-2-6-14(8-12)17(18,19)20)24-11-13-5-3-7-15(9-13)27(21,25)26;/h2-9H,10-11H2,1H3,(H2,21,25,26)(H2,22,23,24);1H. The first-order valence-corrected chi connectivity index (χ1v) is 9.36. The van der Waals surface area contributed by atoms with Gasteiger partial charge < -0.3 is 10.6 Å². The maximum Gasteiger partial charge on any atom is 0.416 e. The van der Waals surface area contributed by atoms with Gasteiger partial charge in [0.25, 0.3) is 0 Å². The van der Waals surface area contributed by atoms with Crippen molar-refractivity contribution in [1.29, 1.82) is 0 Å². The Balaban J connectivity index is 0.00000392. The van der Waals surface area contributed by atoms with E-state index < -0.39 is 21.8 Å². The van der Waals surface area contributed by atoms with Crippen LogP contribution in [0.2, 0.25) is 0 Å². The van der Waals surface area contributed by atoms with Crippen LogP contribution in [0.15, 0.2) is 58.4 Å². The Bertz CT molecular complexity index is 934. The smallest absolute Gasteiger partial charge is 0.352 e. The molecule has 11 heteroatoms. The van der Waals surface area contributed by atoms with Crippen LogP contribution in [-0.4, -0.2) is 21.4 Å². The van der Waals surface area contributed by atoms with Crippen molar-refractivity contribution in [2.45, 2.75) is 24.2 Å². The van der Waals surface area contributed by atoms with Crippen LogP contribution in [0, 0.1) is 0 Å². The maximum absolute atomic E-state index is 12.7. The van der Waals surface area contributed by atoms with Gasteiger partial charge in [0.15, 0.2) is 5.96 Å². The second kappa shape index (κ2) is 10.1. The monoisotopic (exact) mass is 528 g/mol. The molecular weight excluding hydrogens is 508 g/mol. The first-order valence-electron chi connectivity index (χ1n) is 7.82. The van der Waals surface area contributed by atoms with Crippen molar-refractivity contribution in [3.8, 4) is 0 Å². The number of nitrogens with two attached hydrogens (primary N) is 1. The Labute approximate surface area is 178 Å². The van der Waals surface area contributed by atoms with Crippen LogP contribution in [0.25, 0.3) is 0 Å². The molecule has 4 N–H and O–H groups in total. The number of hydrogen-bond donors (Lipinski definition) is 3. The molecule has 0 saturated heterocycles. The molecule has 0 spiro atoms. The van der Waals surface area contributed by atoms with Gasteiger partial charge in [-0.1, -0.05) is 24.3 Å². The molecule has 0 unspecified atom stereocenters. The number of aliphatic imine (C=N–C) groups is 1. The van der Waals surface area contributed by atoms with Gasteiger partial charge in [0.05, 0.1) is 10.5 Å². The number of alkyl halides is 3. The summed E-state index contributed by atoms with van der Waals surface area (Å²) in [7, 11) is -2.28. The summed E-state index contributed by atoms with van der Waals surface area (Å²) in [6.45, 7) is 0.395. The fourth-order valence-corrected chi connectivity index (χ4v) is 2.87. The van der Waals surface area contributed by atoms with Gasteiger partial charge in [-0.2, -0.15) is 13.2 Å². The van der Waals surface area contributed by atoms with E-state index in [2.05, 4.69) is 15.6 Å². The lowest BCUT2D eigenvalue weighted by molar-refractivity contribution is -0.137. The first-order chi connectivity index (χ1) is 12.6. The molecule has 154 valence electrons. The van der Waals surface area contributed by atoms with Crippen LogP contribution in [0.1, 0.15) is 16.7 Å². The Kier molecular flexibility index (Phi) is 8.70. The van der Waals surface area contributed by atoms with E-state index in [4.69, 9.17) is 5.14 Å². The largest absolute Gasteiger partial charge is 0.416 e. The van der Waals surface area contributed by atoms with Crippen molar-refractivity contribution in [2.24, 2.45) is 10.1 Å². The van der Waals surface area contributed by atoms with Gasteiger partial charge in [-0.3, -0.25) is 4.99 Å². The van der Waals surface area contributed by atoms with Gasteiger partial charge in [-0.25, -0.2) is 13.6 Å². The molecule has 6 nitrogen and oxygen atoms in total. The number of primary sulfonamides is 1. The summed E-state index contributed by atoms with van der Waals surface area (Å²) in [5.74, 6) is 0.355. The summed E-state index contributed by atoms with van der Waals surface area (Å²) >= 11 is 0. The van der Waals surface area contributed by atoms with E-state index in [9.17, 15) is 21.6 Å². The van der Waals surface area contributed by atoms with E-state index in [1.165, 1.54) is 25.2 Å². The SMILES string of the molecule is CN=C(NCc1cccc(C(F)(F)F)c1)NCc1cccc(S(N)(=O)=O)c1.I. The third-order valence-corrected chi connectivity index (χ3v) is 4.54. The number of nitrogens with zero attached hydrogens (tertiary/aromatic N) is 1. The Morgan fingerprint density at radius 3 is 2.07 bits per heavy atom. The number of sulfonamides is 1. The van der Waals surface area contributed by atoms with E-state index in [1.807, 2.05) is 0 Å². The predicted octanol–water partition coefficient (Wildman–Crippen LogP) is 2.84. The zero-order chi connectivity index (χ0) is 20.1. The highest BCUT2D eigenvalue weighted by Gasteiger charge is 2.30. The molecule has 2 aromatic carbocycles. The lowest BCUT2D eigenvalue weighted by Gasteiger charge is -2.13. The molecule has 0 atom stereocenters. The Morgan fingerprint density at radius 2 is 1.57 bits per heavy atom. The molecule has 0 aliphatic carbocycles. The second-order valence-electron chi connectivity index (χ2n) is 5.67. The molecule has 0 fully saturated rings. The molecule has 2 aromatic rings. The average Bonchev–Trinajstić information content (AvgIpc) is 2.61. The highest BCUT2D eigenvalue weighted by atomic mass is 127. The zero-order valence-corrected chi connectivity index (χ0v) is 18.0. The van der Waals surface area contributed by atoms with Crippen LogP contribution in [0.5, 0.6) is 0 Å². The minimum Gasteiger partial charge on any atom is -0.352 e. The number of rotatable bonds is 5. The van der Waals surface area contributed by atoms with Crippen LogP contribution < -0.4 is 15.8 Å². The van der Waals surface area contributed by atoms with Crippen molar-refractivity contribution in [3.05, 3.63) is 65.2 Å². The zero-order valence-electron chi connectivity index (χ0n) is 14.8. The highest BCUT2D eigenvalue weighted by Crippen LogP contribution is 2.29. The van der Waals surface area contributed by atoms with Gasteiger partial charge in [-0.05, 0) is 35.4 Å². The number of guanidine groups is 1. The summed E-state index contributed by atoms with van der Waals surface area (Å²) in [5, 5.41) is 11.0. The summed E-state index contributed by atoms with van der Waals surface area (Å²) in [5.41, 5.74) is 0.386. The molecule has 0 bridgehead atoms. The van der Waals surface area contributed by atoms with Crippen LogP contribution in [0.4, 0.5) is 13.2 Å². The van der Waals surface area contributed by atoms with Crippen molar-refractivity contribution >= 4 is 40.0 Å². The van der Waals surface area contributed by atoms with E-state index in [0.29, 0.717) is 17.1 Å². The van der Waals surface area contributed by atoms with Gasteiger partial charge in [0.2, 0.25) is 10.0 Å². The summed E-state index contributed by atoms with van der Waals surface area (Å²) in [6.07, 6.45) is -4.40. The summed E-state index contributed by atoms with van der Waals surface area (Å²) in [6, 6.07) is 11.1. The van der Waals surface area contributed by atoms with Gasteiger partial charge in [0, 0.05) is 20.1 Å². The third kappa shape index (κ3) is 7.28. The van der Waals surface area contributed by atoms with Crippen LogP contribution in [0.3, 0.4) is 0 Å². The molecule has 0 aromatic heterocycles. The van der Waals surface area contributed by atoms with Gasteiger partial charge in [0.1, 0.15) is 0 Å². The summed E-state index contributed by atoms with van der Waals surface area (Å²) in [4.78, 5) is 3.98. The minimum absolute atomic E-state index is 0. The predicted molar refractivity (Wildman–Crippen MR) is 112 cm³/mol. The van der Waals surface area contributed by atoms with E-state index in [-0.39, 0.29) is 42.0 Å². The van der Waals surface area contributed by atoms with E-state index in [1.54, 1.807) is 18.2 Å². The van der Waals surface area contributed by atoms with Gasteiger partial charge >= 0.3 is 6.18 Å². The van der Waals surface area contributed by atoms with Crippen LogP contribution >= 0.6 is 24.0 Å². The Hall–Kier alpha value is -1.86. The fraction of sp³-hybridized carbons (Fsp3) is 0.235. The van der Waals surface area contributed by atoms with Crippen LogP contribution in [-0.2, 0) is 29.3 Å². The lowest BCUT2D eigenvalue weighted by Crippen LogP contribution is -2.36. The number of benzene rings is 2. The topological polar surface area (TPSA) is 96.6 Å². The average molecular weight is 528 g/mol. The molecule has 0 aliphatic rings. The molecule has 0 radical (unpaired) electrons. The number of halogens is 4. The quantitative estimate of drug-likeness (QED) is 0.316. The molecule has 0 saturated carbocycles. The molecular formula is C17H20F3IN4O2S. The number of nitrogens with one attached hydrogen (secondary N) is 2. The Morgan fingerprint density at radius 1 is 1.04 bits per heavy atom.